The van der Waals surface area contributed by atoms with E-state index >= 15 is 0 Å². The topological polar surface area (TPSA) is 24.9 Å². The second-order valence-electron chi connectivity index (χ2n) is 4.70. The lowest BCUT2D eigenvalue weighted by atomic mass is 9.96. The van der Waals surface area contributed by atoms with Crippen LogP contribution >= 0.6 is 11.3 Å². The van der Waals surface area contributed by atoms with Crippen molar-refractivity contribution in [2.75, 3.05) is 5.32 Å². The van der Waals surface area contributed by atoms with Gasteiger partial charge in [-0.1, -0.05) is 6.42 Å². The van der Waals surface area contributed by atoms with E-state index in [-0.39, 0.29) is 0 Å². The molecule has 1 aromatic rings. The molecule has 1 N–H and O–H groups in total. The molecule has 2 saturated carbocycles. The standard InChI is InChI=1S/C11H16N2S/c1-7-6-12-11(14-7)13-10-5-8-2-3-9(10)4-8/h6,8-10H,2-5H2,1H3,(H,12,13). The van der Waals surface area contributed by atoms with E-state index < -0.39 is 0 Å². The van der Waals surface area contributed by atoms with Crippen LogP contribution < -0.4 is 5.32 Å². The number of aryl methyl sites for hydroxylation is 1. The number of thiazole rings is 1. The van der Waals surface area contributed by atoms with Gasteiger partial charge in [-0.15, -0.1) is 11.3 Å². The minimum atomic E-state index is 0.722. The molecule has 0 saturated heterocycles. The maximum absolute atomic E-state index is 4.37. The van der Waals surface area contributed by atoms with Crippen LogP contribution in [0.15, 0.2) is 6.20 Å². The molecule has 0 aliphatic heterocycles. The maximum Gasteiger partial charge on any atom is 0.183 e. The van der Waals surface area contributed by atoms with Gasteiger partial charge in [-0.2, -0.15) is 0 Å². The Bertz CT molecular complexity index is 334. The molecule has 14 heavy (non-hydrogen) atoms. The second-order valence-corrected chi connectivity index (χ2v) is 5.94. The summed E-state index contributed by atoms with van der Waals surface area (Å²) < 4.78 is 0. The average molecular weight is 208 g/mol. The van der Waals surface area contributed by atoms with Gasteiger partial charge in [0.2, 0.25) is 0 Å². The van der Waals surface area contributed by atoms with Gasteiger partial charge in [0.05, 0.1) is 0 Å². The van der Waals surface area contributed by atoms with E-state index in [0.29, 0.717) is 0 Å². The van der Waals surface area contributed by atoms with Crippen LogP contribution in [0.25, 0.3) is 0 Å². The summed E-state index contributed by atoms with van der Waals surface area (Å²) in [5, 5.41) is 4.73. The van der Waals surface area contributed by atoms with Crippen LogP contribution in [-0.4, -0.2) is 11.0 Å². The molecule has 2 aliphatic carbocycles. The zero-order chi connectivity index (χ0) is 9.54. The highest BCUT2D eigenvalue weighted by atomic mass is 32.1. The van der Waals surface area contributed by atoms with E-state index in [4.69, 9.17) is 0 Å². The molecular formula is C11H16N2S. The Morgan fingerprint density at radius 3 is 2.93 bits per heavy atom. The van der Waals surface area contributed by atoms with Crippen molar-refractivity contribution < 1.29 is 0 Å². The van der Waals surface area contributed by atoms with Crippen LogP contribution in [0.4, 0.5) is 5.13 Å². The van der Waals surface area contributed by atoms with Crippen molar-refractivity contribution in [3.05, 3.63) is 11.1 Å². The number of rotatable bonds is 2. The fraction of sp³-hybridized carbons (Fsp3) is 0.727. The third-order valence-electron chi connectivity index (χ3n) is 3.67. The molecule has 3 atom stereocenters. The number of aromatic nitrogens is 1. The van der Waals surface area contributed by atoms with E-state index in [9.17, 15) is 0 Å². The van der Waals surface area contributed by atoms with Gasteiger partial charge in [-0.3, -0.25) is 0 Å². The molecule has 0 radical (unpaired) electrons. The summed E-state index contributed by atoms with van der Waals surface area (Å²) in [6, 6.07) is 0.722. The summed E-state index contributed by atoms with van der Waals surface area (Å²) in [6.07, 6.45) is 7.71. The highest BCUT2D eigenvalue weighted by Crippen LogP contribution is 2.45. The lowest BCUT2D eigenvalue weighted by Gasteiger charge is -2.22. The summed E-state index contributed by atoms with van der Waals surface area (Å²) in [5.74, 6) is 1.95. The molecule has 2 nitrogen and oxygen atoms in total. The van der Waals surface area contributed by atoms with E-state index in [1.807, 2.05) is 6.20 Å². The Kier molecular flexibility index (Phi) is 2.01. The molecular weight excluding hydrogens is 192 g/mol. The fourth-order valence-electron chi connectivity index (χ4n) is 3.00. The molecule has 1 heterocycles. The normalized spacial score (nSPS) is 35.1. The summed E-state index contributed by atoms with van der Waals surface area (Å²) in [7, 11) is 0. The summed E-state index contributed by atoms with van der Waals surface area (Å²) >= 11 is 1.78. The minimum Gasteiger partial charge on any atom is -0.358 e. The molecule has 3 unspecified atom stereocenters. The first-order valence-electron chi connectivity index (χ1n) is 5.50. The van der Waals surface area contributed by atoms with E-state index in [2.05, 4.69) is 17.2 Å². The van der Waals surface area contributed by atoms with Crippen molar-refractivity contribution in [3.63, 3.8) is 0 Å². The van der Waals surface area contributed by atoms with E-state index in [1.54, 1.807) is 11.3 Å². The number of nitrogens with zero attached hydrogens (tertiary/aromatic N) is 1. The average Bonchev–Trinajstić information content (AvgIpc) is 2.82. The van der Waals surface area contributed by atoms with Crippen LogP contribution in [0.2, 0.25) is 0 Å². The van der Waals surface area contributed by atoms with Gasteiger partial charge in [0.15, 0.2) is 5.13 Å². The third kappa shape index (κ3) is 1.44. The first-order valence-corrected chi connectivity index (χ1v) is 6.32. The number of fused-ring (bicyclic) bond motifs is 2. The quantitative estimate of drug-likeness (QED) is 0.808. The molecule has 0 spiro atoms. The monoisotopic (exact) mass is 208 g/mol. The van der Waals surface area contributed by atoms with Gasteiger partial charge < -0.3 is 5.32 Å². The van der Waals surface area contributed by atoms with Crippen molar-refractivity contribution in [3.8, 4) is 0 Å². The van der Waals surface area contributed by atoms with Crippen molar-refractivity contribution in [2.45, 2.75) is 38.6 Å². The molecule has 3 rings (SSSR count). The molecule has 2 bridgehead atoms. The highest BCUT2D eigenvalue weighted by Gasteiger charge is 2.39. The van der Waals surface area contributed by atoms with Gasteiger partial charge >= 0.3 is 0 Å². The number of nitrogens with one attached hydrogen (secondary N) is 1. The lowest BCUT2D eigenvalue weighted by molar-refractivity contribution is 0.439. The second kappa shape index (κ2) is 3.23. The predicted octanol–water partition coefficient (Wildman–Crippen LogP) is 3.05. The van der Waals surface area contributed by atoms with Crippen LogP contribution in [0, 0.1) is 18.8 Å². The van der Waals surface area contributed by atoms with Gasteiger partial charge in [-0.05, 0) is 38.0 Å². The van der Waals surface area contributed by atoms with Gasteiger partial charge in [0.25, 0.3) is 0 Å². The van der Waals surface area contributed by atoms with Crippen molar-refractivity contribution in [2.24, 2.45) is 11.8 Å². The Morgan fingerprint density at radius 1 is 1.43 bits per heavy atom. The lowest BCUT2D eigenvalue weighted by Crippen LogP contribution is -2.25. The molecule has 1 aromatic heterocycles. The van der Waals surface area contributed by atoms with E-state index in [1.165, 1.54) is 30.6 Å². The SMILES string of the molecule is Cc1cnc(NC2CC3CCC2C3)s1. The summed E-state index contributed by atoms with van der Waals surface area (Å²) in [4.78, 5) is 5.67. The van der Waals surface area contributed by atoms with Crippen LogP contribution in [0.1, 0.15) is 30.6 Å². The molecule has 76 valence electrons. The van der Waals surface area contributed by atoms with Gasteiger partial charge in [-0.25, -0.2) is 4.98 Å². The maximum atomic E-state index is 4.37. The Labute approximate surface area is 88.7 Å². The number of hydrogen-bond acceptors (Lipinski definition) is 3. The highest BCUT2D eigenvalue weighted by molar-refractivity contribution is 7.15. The van der Waals surface area contributed by atoms with Crippen LogP contribution in [0.5, 0.6) is 0 Å². The van der Waals surface area contributed by atoms with Crippen molar-refractivity contribution in [1.82, 2.24) is 4.98 Å². The Balaban J connectivity index is 1.68. The summed E-state index contributed by atoms with van der Waals surface area (Å²) in [5.41, 5.74) is 0. The Morgan fingerprint density at radius 2 is 2.36 bits per heavy atom. The van der Waals surface area contributed by atoms with Gasteiger partial charge in [0, 0.05) is 17.1 Å². The Hall–Kier alpha value is -0.570. The van der Waals surface area contributed by atoms with Crippen molar-refractivity contribution in [1.29, 1.82) is 0 Å². The number of anilines is 1. The van der Waals surface area contributed by atoms with Crippen LogP contribution in [0.3, 0.4) is 0 Å². The molecule has 0 amide bonds. The third-order valence-corrected chi connectivity index (χ3v) is 4.51. The largest absolute Gasteiger partial charge is 0.358 e. The molecule has 2 fully saturated rings. The molecule has 3 heteroatoms. The number of hydrogen-bond donors (Lipinski definition) is 1. The van der Waals surface area contributed by atoms with Crippen molar-refractivity contribution >= 4 is 16.5 Å². The summed E-state index contributed by atoms with van der Waals surface area (Å²) in [6.45, 7) is 2.11. The zero-order valence-electron chi connectivity index (χ0n) is 8.49. The zero-order valence-corrected chi connectivity index (χ0v) is 9.31. The first kappa shape index (κ1) is 8.72. The molecule has 2 aliphatic rings. The van der Waals surface area contributed by atoms with E-state index in [0.717, 1.165) is 23.0 Å². The molecule has 0 aromatic carbocycles. The smallest absolute Gasteiger partial charge is 0.183 e. The van der Waals surface area contributed by atoms with Crippen LogP contribution in [-0.2, 0) is 0 Å². The minimum absolute atomic E-state index is 0.722. The van der Waals surface area contributed by atoms with Gasteiger partial charge in [0.1, 0.15) is 0 Å². The first-order chi connectivity index (χ1) is 6.81. The fourth-order valence-corrected chi connectivity index (χ4v) is 3.73. The predicted molar refractivity (Wildman–Crippen MR) is 59.7 cm³/mol.